The minimum absolute atomic E-state index is 0.00920. The van der Waals surface area contributed by atoms with Gasteiger partial charge < -0.3 is 20.1 Å². The molecular weight excluding hydrogens is 451 g/mol. The van der Waals surface area contributed by atoms with Crippen LogP contribution in [0.3, 0.4) is 0 Å². The highest BCUT2D eigenvalue weighted by molar-refractivity contribution is 6.22. The molecule has 0 saturated carbocycles. The molecule has 6 rings (SSSR count). The lowest BCUT2D eigenvalue weighted by Gasteiger charge is -2.44. The maximum absolute atomic E-state index is 13.8. The Kier molecular flexibility index (Phi) is 4.14. The van der Waals surface area contributed by atoms with Crippen LogP contribution in [0.5, 0.6) is 11.5 Å². The molecular formula is C24H16F3N3O4. The lowest BCUT2D eigenvalue weighted by Crippen LogP contribution is -2.61. The standard InChI is InChI=1S/C24H16F3N3O4/c25-24(26,27)16-6-3-5-15-20(16)28-22(32)23(15)29-17-7-2-1-4-14(17)21(31)30(23)13-8-9-18-19(12-13)34-11-10-33-18/h1-9,12,29H,10-11H2,(H,28,32)/t23-/m1/s1. The second-order valence-electron chi connectivity index (χ2n) is 8.03. The van der Waals surface area contributed by atoms with Crippen molar-refractivity contribution < 1.29 is 32.2 Å². The van der Waals surface area contributed by atoms with Gasteiger partial charge >= 0.3 is 6.18 Å². The van der Waals surface area contributed by atoms with Gasteiger partial charge in [-0.25, -0.2) is 0 Å². The number of fused-ring (bicyclic) bond motifs is 4. The Bertz CT molecular complexity index is 1370. The molecule has 34 heavy (non-hydrogen) atoms. The molecule has 10 heteroatoms. The van der Waals surface area contributed by atoms with Crippen molar-refractivity contribution in [1.29, 1.82) is 0 Å². The number of benzene rings is 3. The molecule has 172 valence electrons. The van der Waals surface area contributed by atoms with Crippen LogP contribution in [0.4, 0.5) is 30.2 Å². The molecule has 1 spiro atoms. The van der Waals surface area contributed by atoms with Crippen molar-refractivity contribution in [2.75, 3.05) is 28.7 Å². The van der Waals surface area contributed by atoms with Crippen molar-refractivity contribution in [3.63, 3.8) is 0 Å². The fourth-order valence-electron chi connectivity index (χ4n) is 4.68. The van der Waals surface area contributed by atoms with Gasteiger partial charge in [0.05, 0.1) is 22.5 Å². The number of hydrogen-bond acceptors (Lipinski definition) is 5. The molecule has 2 amide bonds. The second kappa shape index (κ2) is 6.89. The minimum atomic E-state index is -4.71. The van der Waals surface area contributed by atoms with E-state index in [4.69, 9.17) is 9.47 Å². The van der Waals surface area contributed by atoms with Crippen molar-refractivity contribution >= 4 is 28.9 Å². The van der Waals surface area contributed by atoms with E-state index in [1.54, 1.807) is 42.5 Å². The molecule has 0 bridgehead atoms. The molecule has 3 aromatic rings. The summed E-state index contributed by atoms with van der Waals surface area (Å²) in [6.07, 6.45) is -4.71. The average Bonchev–Trinajstić information content (AvgIpc) is 3.09. The zero-order valence-electron chi connectivity index (χ0n) is 17.4. The van der Waals surface area contributed by atoms with Crippen molar-refractivity contribution in [2.24, 2.45) is 0 Å². The number of halogens is 3. The van der Waals surface area contributed by atoms with Crippen LogP contribution in [0.2, 0.25) is 0 Å². The van der Waals surface area contributed by atoms with E-state index in [-0.39, 0.29) is 22.5 Å². The van der Waals surface area contributed by atoms with E-state index in [1.165, 1.54) is 17.0 Å². The Morgan fingerprint density at radius 3 is 2.47 bits per heavy atom. The number of nitrogens with one attached hydrogen (secondary N) is 2. The first-order chi connectivity index (χ1) is 16.3. The molecule has 3 aromatic carbocycles. The smallest absolute Gasteiger partial charge is 0.418 e. The number of ether oxygens (including phenoxy) is 2. The molecule has 7 nitrogen and oxygen atoms in total. The van der Waals surface area contributed by atoms with Gasteiger partial charge in [-0.3, -0.25) is 14.5 Å². The third-order valence-corrected chi connectivity index (χ3v) is 6.12. The van der Waals surface area contributed by atoms with Gasteiger partial charge in [0.2, 0.25) is 5.66 Å². The number of amides is 2. The number of para-hydroxylation sites is 2. The van der Waals surface area contributed by atoms with Gasteiger partial charge in [-0.2, -0.15) is 13.2 Å². The first-order valence-electron chi connectivity index (χ1n) is 10.4. The van der Waals surface area contributed by atoms with Crippen molar-refractivity contribution in [3.05, 3.63) is 77.4 Å². The minimum Gasteiger partial charge on any atom is -0.486 e. The first kappa shape index (κ1) is 20.4. The molecule has 0 aromatic heterocycles. The maximum atomic E-state index is 13.8. The van der Waals surface area contributed by atoms with Gasteiger partial charge in [-0.05, 0) is 30.3 Å². The molecule has 0 aliphatic carbocycles. The molecule has 1 atom stereocenters. The van der Waals surface area contributed by atoms with E-state index in [0.717, 1.165) is 6.07 Å². The van der Waals surface area contributed by atoms with Crippen LogP contribution in [-0.4, -0.2) is 25.0 Å². The highest BCUT2D eigenvalue weighted by Crippen LogP contribution is 2.51. The van der Waals surface area contributed by atoms with E-state index in [9.17, 15) is 22.8 Å². The van der Waals surface area contributed by atoms with E-state index >= 15 is 0 Å². The number of hydrogen-bond donors (Lipinski definition) is 2. The van der Waals surface area contributed by atoms with Crippen LogP contribution in [0, 0.1) is 0 Å². The van der Waals surface area contributed by atoms with Gasteiger partial charge in [-0.1, -0.05) is 24.3 Å². The molecule has 0 radical (unpaired) electrons. The van der Waals surface area contributed by atoms with Crippen LogP contribution >= 0.6 is 0 Å². The summed E-state index contributed by atoms with van der Waals surface area (Å²) in [7, 11) is 0. The van der Waals surface area contributed by atoms with E-state index in [1.807, 2.05) is 0 Å². The van der Waals surface area contributed by atoms with Crippen molar-refractivity contribution in [2.45, 2.75) is 11.8 Å². The number of carbonyl (C=O) groups is 2. The predicted octanol–water partition coefficient (Wildman–Crippen LogP) is 4.35. The van der Waals surface area contributed by atoms with Gasteiger partial charge in [0.25, 0.3) is 11.8 Å². The van der Waals surface area contributed by atoms with Gasteiger partial charge in [-0.15, -0.1) is 0 Å². The summed E-state index contributed by atoms with van der Waals surface area (Å²) in [5.74, 6) is -0.519. The Balaban J connectivity index is 1.62. The zero-order valence-corrected chi connectivity index (χ0v) is 17.4. The van der Waals surface area contributed by atoms with Crippen LogP contribution in [0.25, 0.3) is 0 Å². The topological polar surface area (TPSA) is 79.9 Å². The molecule has 2 N–H and O–H groups in total. The molecule has 0 unspecified atom stereocenters. The number of carbonyl (C=O) groups excluding carboxylic acids is 2. The Morgan fingerprint density at radius 1 is 0.912 bits per heavy atom. The first-order valence-corrected chi connectivity index (χ1v) is 10.4. The Hall–Kier alpha value is -4.21. The highest BCUT2D eigenvalue weighted by Gasteiger charge is 2.58. The molecule has 0 fully saturated rings. The summed E-state index contributed by atoms with van der Waals surface area (Å²) in [6.45, 7) is 0.665. The third-order valence-electron chi connectivity index (χ3n) is 6.12. The molecule has 3 aliphatic rings. The normalized spacial score (nSPS) is 20.5. The largest absolute Gasteiger partial charge is 0.486 e. The van der Waals surface area contributed by atoms with E-state index < -0.39 is 29.2 Å². The quantitative estimate of drug-likeness (QED) is 0.556. The highest BCUT2D eigenvalue weighted by atomic mass is 19.4. The molecule has 3 aliphatic heterocycles. The summed E-state index contributed by atoms with van der Waals surface area (Å²) in [6, 6.07) is 14.8. The van der Waals surface area contributed by atoms with Crippen molar-refractivity contribution in [3.8, 4) is 11.5 Å². The summed E-state index contributed by atoms with van der Waals surface area (Å²) in [4.78, 5) is 28.5. The summed E-state index contributed by atoms with van der Waals surface area (Å²) in [5.41, 5.74) is -2.47. The van der Waals surface area contributed by atoms with E-state index in [0.29, 0.717) is 30.4 Å². The SMILES string of the molecule is O=C1c2ccccc2N[C@@]2(C(=O)Nc3c(C(F)(F)F)cccc32)N1c1ccc2c(c1)OCCO2. The second-order valence-corrected chi connectivity index (χ2v) is 8.03. The van der Waals surface area contributed by atoms with E-state index in [2.05, 4.69) is 10.6 Å². The molecule has 3 heterocycles. The summed E-state index contributed by atoms with van der Waals surface area (Å²) >= 11 is 0. The van der Waals surface area contributed by atoms with Crippen molar-refractivity contribution in [1.82, 2.24) is 0 Å². The van der Waals surface area contributed by atoms with Crippen LogP contribution in [0.15, 0.2) is 60.7 Å². The third kappa shape index (κ3) is 2.71. The lowest BCUT2D eigenvalue weighted by atomic mass is 9.91. The average molecular weight is 467 g/mol. The lowest BCUT2D eigenvalue weighted by molar-refractivity contribution is -0.136. The van der Waals surface area contributed by atoms with Crippen LogP contribution in [0.1, 0.15) is 21.5 Å². The Labute approximate surface area is 191 Å². The Morgan fingerprint density at radius 2 is 1.68 bits per heavy atom. The molecule has 0 saturated heterocycles. The maximum Gasteiger partial charge on any atom is 0.418 e. The fourth-order valence-corrected chi connectivity index (χ4v) is 4.68. The number of nitrogens with zero attached hydrogens (tertiary/aromatic N) is 1. The fraction of sp³-hybridized carbons (Fsp3) is 0.167. The predicted molar refractivity (Wildman–Crippen MR) is 116 cm³/mol. The zero-order chi connectivity index (χ0) is 23.7. The summed E-state index contributed by atoms with van der Waals surface area (Å²) in [5, 5.41) is 5.44. The number of anilines is 3. The number of rotatable bonds is 1. The van der Waals surface area contributed by atoms with Gasteiger partial charge in [0, 0.05) is 17.3 Å². The monoisotopic (exact) mass is 467 g/mol. The van der Waals surface area contributed by atoms with Crippen LogP contribution in [-0.2, 0) is 16.6 Å². The van der Waals surface area contributed by atoms with Gasteiger partial charge in [0.1, 0.15) is 13.2 Å². The summed E-state index contributed by atoms with van der Waals surface area (Å²) < 4.78 is 52.5. The van der Waals surface area contributed by atoms with Gasteiger partial charge in [0.15, 0.2) is 11.5 Å². The number of alkyl halides is 3. The van der Waals surface area contributed by atoms with Crippen LogP contribution < -0.4 is 25.0 Å².